The van der Waals surface area contributed by atoms with Gasteiger partial charge in [0.15, 0.2) is 0 Å². The maximum Gasteiger partial charge on any atom is 0.318 e. The molecule has 1 aromatic rings. The van der Waals surface area contributed by atoms with Gasteiger partial charge in [-0.25, -0.2) is 4.79 Å². The molecule has 1 aliphatic carbocycles. The molecular formula is C16H24N4O2. The zero-order valence-corrected chi connectivity index (χ0v) is 12.8. The summed E-state index contributed by atoms with van der Waals surface area (Å²) in [5.74, 6) is 0.740. The standard InChI is InChI=1S/C16H24N4O2/c21-16(19-13-4-1-2-5-13)20-9-8-18-10-14(20)12-22-15-6-3-7-17-11-15/h3,6-7,11,13-14,18H,1-2,4-5,8-10,12H2,(H,19,21). The quantitative estimate of drug-likeness (QED) is 0.882. The number of carbonyl (C=O) groups is 1. The average molecular weight is 304 g/mol. The lowest BCUT2D eigenvalue weighted by molar-refractivity contribution is 0.122. The fourth-order valence-corrected chi connectivity index (χ4v) is 3.13. The van der Waals surface area contributed by atoms with Crippen molar-refractivity contribution in [2.24, 2.45) is 0 Å². The monoisotopic (exact) mass is 304 g/mol. The number of nitrogens with zero attached hydrogens (tertiary/aromatic N) is 2. The lowest BCUT2D eigenvalue weighted by atomic mass is 10.2. The fraction of sp³-hybridized carbons (Fsp3) is 0.625. The number of urea groups is 1. The number of hydrogen-bond acceptors (Lipinski definition) is 4. The van der Waals surface area contributed by atoms with Crippen LogP contribution in [0, 0.1) is 0 Å². The number of hydrogen-bond donors (Lipinski definition) is 2. The summed E-state index contributed by atoms with van der Waals surface area (Å²) in [5.41, 5.74) is 0. The first kappa shape index (κ1) is 15.1. The second-order valence-corrected chi connectivity index (χ2v) is 5.98. The highest BCUT2D eigenvalue weighted by molar-refractivity contribution is 5.75. The molecule has 1 unspecified atom stereocenters. The Morgan fingerprint density at radius 2 is 2.32 bits per heavy atom. The molecule has 0 spiro atoms. The molecule has 1 saturated heterocycles. The number of piperazine rings is 1. The van der Waals surface area contributed by atoms with Crippen molar-refractivity contribution in [2.45, 2.75) is 37.8 Å². The molecule has 22 heavy (non-hydrogen) atoms. The first-order chi connectivity index (χ1) is 10.8. The molecule has 120 valence electrons. The Kier molecular flexibility index (Phi) is 5.11. The third-order valence-corrected chi connectivity index (χ3v) is 4.37. The number of pyridine rings is 1. The molecule has 0 radical (unpaired) electrons. The van der Waals surface area contributed by atoms with Crippen molar-refractivity contribution in [1.29, 1.82) is 0 Å². The molecule has 6 nitrogen and oxygen atoms in total. The minimum Gasteiger partial charge on any atom is -0.490 e. The van der Waals surface area contributed by atoms with Gasteiger partial charge in [0.25, 0.3) is 0 Å². The maximum absolute atomic E-state index is 12.5. The van der Waals surface area contributed by atoms with Crippen molar-refractivity contribution in [2.75, 3.05) is 26.2 Å². The van der Waals surface area contributed by atoms with Gasteiger partial charge in [0.05, 0.1) is 12.2 Å². The van der Waals surface area contributed by atoms with Gasteiger partial charge in [-0.1, -0.05) is 12.8 Å². The van der Waals surface area contributed by atoms with Crippen molar-refractivity contribution < 1.29 is 9.53 Å². The van der Waals surface area contributed by atoms with Crippen LogP contribution in [0.15, 0.2) is 24.5 Å². The summed E-state index contributed by atoms with van der Waals surface area (Å²) in [6.07, 6.45) is 8.07. The van der Waals surface area contributed by atoms with Gasteiger partial charge < -0.3 is 20.3 Å². The first-order valence-corrected chi connectivity index (χ1v) is 8.13. The van der Waals surface area contributed by atoms with Gasteiger partial charge in [0.2, 0.25) is 0 Å². The molecule has 2 fully saturated rings. The van der Waals surface area contributed by atoms with Crippen molar-refractivity contribution >= 4 is 6.03 Å². The molecule has 1 atom stereocenters. The highest BCUT2D eigenvalue weighted by Gasteiger charge is 2.29. The molecule has 1 aromatic heterocycles. The Bertz CT molecular complexity index is 476. The van der Waals surface area contributed by atoms with E-state index in [1.165, 1.54) is 12.8 Å². The van der Waals surface area contributed by atoms with Crippen LogP contribution in [0.3, 0.4) is 0 Å². The highest BCUT2D eigenvalue weighted by atomic mass is 16.5. The number of ether oxygens (including phenoxy) is 1. The van der Waals surface area contributed by atoms with Crippen LogP contribution in [0.4, 0.5) is 4.79 Å². The lowest BCUT2D eigenvalue weighted by Crippen LogP contribution is -2.59. The third kappa shape index (κ3) is 3.88. The summed E-state index contributed by atoms with van der Waals surface area (Å²) in [7, 11) is 0. The Morgan fingerprint density at radius 3 is 3.09 bits per heavy atom. The predicted octanol–water partition coefficient (Wildman–Crippen LogP) is 1.39. The molecular weight excluding hydrogens is 280 g/mol. The molecule has 2 N–H and O–H groups in total. The van der Waals surface area contributed by atoms with E-state index in [-0.39, 0.29) is 12.1 Å². The largest absolute Gasteiger partial charge is 0.490 e. The molecule has 1 saturated carbocycles. The predicted molar refractivity (Wildman–Crippen MR) is 83.9 cm³/mol. The van der Waals surface area contributed by atoms with E-state index in [1.54, 1.807) is 12.4 Å². The van der Waals surface area contributed by atoms with Crippen LogP contribution < -0.4 is 15.4 Å². The lowest BCUT2D eigenvalue weighted by Gasteiger charge is -2.36. The smallest absolute Gasteiger partial charge is 0.318 e. The SMILES string of the molecule is O=C(NC1CCCC1)N1CCNCC1COc1cccnc1. The minimum absolute atomic E-state index is 0.0492. The van der Waals surface area contributed by atoms with Crippen LogP contribution in [0.2, 0.25) is 0 Å². The second-order valence-electron chi connectivity index (χ2n) is 5.98. The molecule has 2 aliphatic rings. The minimum atomic E-state index is 0.0492. The van der Waals surface area contributed by atoms with E-state index in [0.717, 1.165) is 38.2 Å². The van der Waals surface area contributed by atoms with Gasteiger partial charge in [-0.15, -0.1) is 0 Å². The molecule has 0 aromatic carbocycles. The van der Waals surface area contributed by atoms with Crippen molar-refractivity contribution in [3.05, 3.63) is 24.5 Å². The number of rotatable bonds is 4. The van der Waals surface area contributed by atoms with E-state index in [0.29, 0.717) is 12.6 Å². The summed E-state index contributed by atoms with van der Waals surface area (Å²) in [6, 6.07) is 4.18. The van der Waals surface area contributed by atoms with Crippen LogP contribution >= 0.6 is 0 Å². The van der Waals surface area contributed by atoms with Crippen LogP contribution in [0.1, 0.15) is 25.7 Å². The van der Waals surface area contributed by atoms with Gasteiger partial charge in [-0.05, 0) is 25.0 Å². The fourth-order valence-electron chi connectivity index (χ4n) is 3.13. The number of carbonyl (C=O) groups excluding carboxylic acids is 1. The number of amides is 2. The molecule has 2 heterocycles. The maximum atomic E-state index is 12.5. The molecule has 3 rings (SSSR count). The number of aromatic nitrogens is 1. The normalized spacial score (nSPS) is 22.5. The van der Waals surface area contributed by atoms with Crippen molar-refractivity contribution in [3.63, 3.8) is 0 Å². The van der Waals surface area contributed by atoms with Gasteiger partial charge in [-0.3, -0.25) is 4.98 Å². The summed E-state index contributed by atoms with van der Waals surface area (Å²) >= 11 is 0. The van der Waals surface area contributed by atoms with E-state index >= 15 is 0 Å². The topological polar surface area (TPSA) is 66.5 Å². The molecule has 0 bridgehead atoms. The Balaban J connectivity index is 1.54. The van der Waals surface area contributed by atoms with E-state index < -0.39 is 0 Å². The van der Waals surface area contributed by atoms with E-state index in [2.05, 4.69) is 15.6 Å². The Hall–Kier alpha value is -1.82. The van der Waals surface area contributed by atoms with Gasteiger partial charge >= 0.3 is 6.03 Å². The van der Waals surface area contributed by atoms with E-state index in [1.807, 2.05) is 17.0 Å². The van der Waals surface area contributed by atoms with Crippen molar-refractivity contribution in [3.8, 4) is 5.75 Å². The highest BCUT2D eigenvalue weighted by Crippen LogP contribution is 2.18. The number of nitrogens with one attached hydrogen (secondary N) is 2. The summed E-state index contributed by atoms with van der Waals surface area (Å²) in [5, 5.41) is 6.50. The van der Waals surface area contributed by atoms with Crippen LogP contribution in [0.5, 0.6) is 5.75 Å². The van der Waals surface area contributed by atoms with Gasteiger partial charge in [0, 0.05) is 31.9 Å². The zero-order valence-electron chi connectivity index (χ0n) is 12.8. The van der Waals surface area contributed by atoms with E-state index in [9.17, 15) is 4.79 Å². The second kappa shape index (κ2) is 7.45. The van der Waals surface area contributed by atoms with Crippen LogP contribution in [-0.4, -0.2) is 54.2 Å². The third-order valence-electron chi connectivity index (χ3n) is 4.37. The summed E-state index contributed by atoms with van der Waals surface area (Å²) in [6.45, 7) is 2.80. The van der Waals surface area contributed by atoms with Gasteiger partial charge in [-0.2, -0.15) is 0 Å². The summed E-state index contributed by atoms with van der Waals surface area (Å²) < 4.78 is 5.77. The van der Waals surface area contributed by atoms with E-state index in [4.69, 9.17) is 4.74 Å². The summed E-state index contributed by atoms with van der Waals surface area (Å²) in [4.78, 5) is 18.4. The van der Waals surface area contributed by atoms with Crippen LogP contribution in [0.25, 0.3) is 0 Å². The average Bonchev–Trinajstić information content (AvgIpc) is 3.07. The zero-order chi connectivity index (χ0) is 15.2. The molecule has 1 aliphatic heterocycles. The Morgan fingerprint density at radius 1 is 1.45 bits per heavy atom. The van der Waals surface area contributed by atoms with Crippen LogP contribution in [-0.2, 0) is 0 Å². The Labute approximate surface area is 131 Å². The van der Waals surface area contributed by atoms with Crippen molar-refractivity contribution in [1.82, 2.24) is 20.5 Å². The molecule has 6 heteroatoms. The first-order valence-electron chi connectivity index (χ1n) is 8.13. The van der Waals surface area contributed by atoms with Gasteiger partial charge in [0.1, 0.15) is 12.4 Å². The molecule has 2 amide bonds.